The van der Waals surface area contributed by atoms with Crippen LogP contribution in [0.5, 0.6) is 11.5 Å². The minimum Gasteiger partial charge on any atom is -0.504 e. The van der Waals surface area contributed by atoms with E-state index in [0.29, 0.717) is 23.0 Å². The number of methoxy groups -OCH3 is 1. The maximum atomic E-state index is 11.8. The van der Waals surface area contributed by atoms with E-state index in [-0.39, 0.29) is 11.8 Å². The summed E-state index contributed by atoms with van der Waals surface area (Å²) in [6, 6.07) is 11.4. The molecule has 2 amide bonds. The molecular weight excluding hydrogens is 292 g/mol. The number of carbonyl (C=O) groups is 1. The van der Waals surface area contributed by atoms with Gasteiger partial charge >= 0.3 is 6.03 Å². The zero-order valence-corrected chi connectivity index (χ0v) is 12.1. The first-order valence-electron chi connectivity index (χ1n) is 6.25. The van der Waals surface area contributed by atoms with Gasteiger partial charge in [-0.25, -0.2) is 4.79 Å². The first-order valence-corrected chi connectivity index (χ1v) is 6.62. The molecule has 2 rings (SSSR count). The SMILES string of the molecule is COc1cc(CNC(=O)Nc2ccc(Cl)cc2)ccc1O. The van der Waals surface area contributed by atoms with Gasteiger partial charge in [-0.3, -0.25) is 0 Å². The van der Waals surface area contributed by atoms with Crippen LogP contribution in [0.4, 0.5) is 10.5 Å². The summed E-state index contributed by atoms with van der Waals surface area (Å²) >= 11 is 5.77. The van der Waals surface area contributed by atoms with Gasteiger partial charge in [0.25, 0.3) is 0 Å². The van der Waals surface area contributed by atoms with Crippen molar-refractivity contribution in [2.24, 2.45) is 0 Å². The lowest BCUT2D eigenvalue weighted by Gasteiger charge is -2.09. The fourth-order valence-corrected chi connectivity index (χ4v) is 1.85. The number of carbonyl (C=O) groups excluding carboxylic acids is 1. The van der Waals surface area contributed by atoms with Gasteiger partial charge in [0.15, 0.2) is 11.5 Å². The number of hydrogen-bond donors (Lipinski definition) is 3. The van der Waals surface area contributed by atoms with Gasteiger partial charge in [-0.15, -0.1) is 0 Å². The molecule has 0 unspecified atom stereocenters. The second-order valence-electron chi connectivity index (χ2n) is 4.32. The van der Waals surface area contributed by atoms with Crippen LogP contribution < -0.4 is 15.4 Å². The molecule has 21 heavy (non-hydrogen) atoms. The summed E-state index contributed by atoms with van der Waals surface area (Å²) in [6.45, 7) is 0.316. The van der Waals surface area contributed by atoms with E-state index in [1.807, 2.05) is 0 Å². The molecular formula is C15H15ClN2O3. The topological polar surface area (TPSA) is 70.6 Å². The molecule has 0 bridgehead atoms. The lowest BCUT2D eigenvalue weighted by molar-refractivity contribution is 0.251. The van der Waals surface area contributed by atoms with Crippen molar-refractivity contribution in [1.29, 1.82) is 0 Å². The van der Waals surface area contributed by atoms with Gasteiger partial charge < -0.3 is 20.5 Å². The van der Waals surface area contributed by atoms with E-state index in [0.717, 1.165) is 5.56 Å². The molecule has 0 spiro atoms. The van der Waals surface area contributed by atoms with Crippen LogP contribution in [0.25, 0.3) is 0 Å². The lowest BCUT2D eigenvalue weighted by Crippen LogP contribution is -2.28. The highest BCUT2D eigenvalue weighted by atomic mass is 35.5. The fraction of sp³-hybridized carbons (Fsp3) is 0.133. The Bertz CT molecular complexity index is 629. The number of benzene rings is 2. The molecule has 0 aliphatic carbocycles. The van der Waals surface area contributed by atoms with Crippen molar-refractivity contribution >= 4 is 23.3 Å². The smallest absolute Gasteiger partial charge is 0.319 e. The summed E-state index contributed by atoms with van der Waals surface area (Å²) in [6.07, 6.45) is 0. The lowest BCUT2D eigenvalue weighted by atomic mass is 10.2. The highest BCUT2D eigenvalue weighted by molar-refractivity contribution is 6.30. The Morgan fingerprint density at radius 3 is 2.62 bits per heavy atom. The van der Waals surface area contributed by atoms with Crippen molar-refractivity contribution in [1.82, 2.24) is 5.32 Å². The van der Waals surface area contributed by atoms with Crippen LogP contribution in [0.3, 0.4) is 0 Å². The van der Waals surface area contributed by atoms with Crippen molar-refractivity contribution < 1.29 is 14.6 Å². The predicted octanol–water partition coefficient (Wildman–Crippen LogP) is 3.38. The van der Waals surface area contributed by atoms with Crippen molar-refractivity contribution in [2.75, 3.05) is 12.4 Å². The van der Waals surface area contributed by atoms with Crippen molar-refractivity contribution in [3.63, 3.8) is 0 Å². The molecule has 6 heteroatoms. The normalized spacial score (nSPS) is 10.0. The second-order valence-corrected chi connectivity index (χ2v) is 4.76. The van der Waals surface area contributed by atoms with Gasteiger partial charge in [0.05, 0.1) is 7.11 Å². The van der Waals surface area contributed by atoms with Gasteiger partial charge in [-0.2, -0.15) is 0 Å². The molecule has 5 nitrogen and oxygen atoms in total. The number of aromatic hydroxyl groups is 1. The van der Waals surface area contributed by atoms with Gasteiger partial charge in [0.2, 0.25) is 0 Å². The summed E-state index contributed by atoms with van der Waals surface area (Å²) in [4.78, 5) is 11.8. The average Bonchev–Trinajstić information content (AvgIpc) is 2.49. The van der Waals surface area contributed by atoms with Gasteiger partial charge in [-0.1, -0.05) is 17.7 Å². The Labute approximate surface area is 127 Å². The monoisotopic (exact) mass is 306 g/mol. The molecule has 0 aliphatic rings. The minimum absolute atomic E-state index is 0.0619. The highest BCUT2D eigenvalue weighted by Gasteiger charge is 2.05. The quantitative estimate of drug-likeness (QED) is 0.811. The fourth-order valence-electron chi connectivity index (χ4n) is 1.72. The molecule has 0 aliphatic heterocycles. The zero-order valence-electron chi connectivity index (χ0n) is 11.4. The summed E-state index contributed by atoms with van der Waals surface area (Å²) < 4.78 is 5.01. The Balaban J connectivity index is 1.90. The molecule has 0 aromatic heterocycles. The Kier molecular flexibility index (Phi) is 4.90. The van der Waals surface area contributed by atoms with E-state index in [2.05, 4.69) is 10.6 Å². The first kappa shape index (κ1) is 15.0. The van der Waals surface area contributed by atoms with E-state index >= 15 is 0 Å². The number of phenolic OH excluding ortho intramolecular Hbond substituents is 1. The molecule has 3 N–H and O–H groups in total. The standard InChI is InChI=1S/C15H15ClN2O3/c1-21-14-8-10(2-7-13(14)19)9-17-15(20)18-12-5-3-11(16)4-6-12/h2-8,19H,9H2,1H3,(H2,17,18,20). The molecule has 0 saturated carbocycles. The number of amides is 2. The van der Waals surface area contributed by atoms with E-state index in [9.17, 15) is 9.90 Å². The third-order valence-electron chi connectivity index (χ3n) is 2.80. The van der Waals surface area contributed by atoms with E-state index in [1.165, 1.54) is 13.2 Å². The zero-order chi connectivity index (χ0) is 15.2. The molecule has 2 aromatic carbocycles. The van der Waals surface area contributed by atoms with Crippen LogP contribution in [0.2, 0.25) is 5.02 Å². The predicted molar refractivity (Wildman–Crippen MR) is 82.0 cm³/mol. The number of phenols is 1. The number of anilines is 1. The van der Waals surface area contributed by atoms with Crippen LogP contribution in [-0.2, 0) is 6.54 Å². The molecule has 0 fully saturated rings. The molecule has 0 radical (unpaired) electrons. The maximum Gasteiger partial charge on any atom is 0.319 e. The molecule has 2 aromatic rings. The van der Waals surface area contributed by atoms with Gasteiger partial charge in [-0.05, 0) is 42.0 Å². The Morgan fingerprint density at radius 2 is 1.95 bits per heavy atom. The number of rotatable bonds is 4. The Morgan fingerprint density at radius 1 is 1.24 bits per heavy atom. The first-order chi connectivity index (χ1) is 10.1. The molecule has 0 saturated heterocycles. The van der Waals surface area contributed by atoms with Gasteiger partial charge in [0, 0.05) is 17.3 Å². The minimum atomic E-state index is -0.329. The van der Waals surface area contributed by atoms with Crippen LogP contribution in [0, 0.1) is 0 Å². The summed E-state index contributed by atoms with van der Waals surface area (Å²) in [7, 11) is 1.47. The number of urea groups is 1. The van der Waals surface area contributed by atoms with Crippen molar-refractivity contribution in [2.45, 2.75) is 6.54 Å². The summed E-state index contributed by atoms with van der Waals surface area (Å²) in [5.41, 5.74) is 1.47. The average molecular weight is 307 g/mol. The Hall–Kier alpha value is -2.40. The van der Waals surface area contributed by atoms with Crippen molar-refractivity contribution in [3.8, 4) is 11.5 Å². The van der Waals surface area contributed by atoms with E-state index < -0.39 is 0 Å². The largest absolute Gasteiger partial charge is 0.504 e. The van der Waals surface area contributed by atoms with E-state index in [1.54, 1.807) is 36.4 Å². The summed E-state index contributed by atoms with van der Waals surface area (Å²) in [5.74, 6) is 0.430. The van der Waals surface area contributed by atoms with Crippen molar-refractivity contribution in [3.05, 3.63) is 53.1 Å². The third kappa shape index (κ3) is 4.29. The number of halogens is 1. The third-order valence-corrected chi connectivity index (χ3v) is 3.05. The molecule has 110 valence electrons. The second kappa shape index (κ2) is 6.85. The summed E-state index contributed by atoms with van der Waals surface area (Å²) in [5, 5.41) is 15.5. The molecule has 0 atom stereocenters. The number of ether oxygens (including phenoxy) is 1. The number of hydrogen-bond acceptors (Lipinski definition) is 3. The maximum absolute atomic E-state index is 11.8. The highest BCUT2D eigenvalue weighted by Crippen LogP contribution is 2.26. The van der Waals surface area contributed by atoms with Crippen LogP contribution >= 0.6 is 11.6 Å². The number of nitrogens with one attached hydrogen (secondary N) is 2. The van der Waals surface area contributed by atoms with Gasteiger partial charge in [0.1, 0.15) is 0 Å². The van der Waals surface area contributed by atoms with Crippen LogP contribution in [-0.4, -0.2) is 18.2 Å². The van der Waals surface area contributed by atoms with E-state index in [4.69, 9.17) is 16.3 Å². The van der Waals surface area contributed by atoms with Crippen LogP contribution in [0.1, 0.15) is 5.56 Å². The molecule has 0 heterocycles. The van der Waals surface area contributed by atoms with Crippen LogP contribution in [0.15, 0.2) is 42.5 Å².